The quantitative estimate of drug-likeness (QED) is 0.576. The fourth-order valence-corrected chi connectivity index (χ4v) is 3.10. The van der Waals surface area contributed by atoms with Gasteiger partial charge in [0.05, 0.1) is 12.7 Å². The van der Waals surface area contributed by atoms with Crippen LogP contribution < -0.4 is 10.6 Å². The lowest BCUT2D eigenvalue weighted by molar-refractivity contribution is -0.133. The Balaban J connectivity index is 1.69. The lowest BCUT2D eigenvalue weighted by Gasteiger charge is -2.22. The van der Waals surface area contributed by atoms with E-state index in [0.29, 0.717) is 21.8 Å². The highest BCUT2D eigenvalue weighted by Gasteiger charge is 2.49. The summed E-state index contributed by atoms with van der Waals surface area (Å²) in [5, 5.41) is 5.71. The summed E-state index contributed by atoms with van der Waals surface area (Å²) in [6.07, 6.45) is 0. The Morgan fingerprint density at radius 1 is 1.10 bits per heavy atom. The molecule has 29 heavy (non-hydrogen) atoms. The van der Waals surface area contributed by atoms with Gasteiger partial charge < -0.3 is 15.4 Å². The van der Waals surface area contributed by atoms with Crippen LogP contribution in [0.1, 0.15) is 22.8 Å². The zero-order valence-corrected chi connectivity index (χ0v) is 16.4. The van der Waals surface area contributed by atoms with Crippen LogP contribution in [0.25, 0.3) is 0 Å². The van der Waals surface area contributed by atoms with Gasteiger partial charge in [0, 0.05) is 10.7 Å². The molecule has 1 aliphatic heterocycles. The van der Waals surface area contributed by atoms with Crippen LogP contribution in [0.2, 0.25) is 5.02 Å². The van der Waals surface area contributed by atoms with Gasteiger partial charge in [-0.1, -0.05) is 23.7 Å². The summed E-state index contributed by atoms with van der Waals surface area (Å²) in [5.74, 6) is -1.59. The predicted octanol–water partition coefficient (Wildman–Crippen LogP) is 2.53. The smallest absolute Gasteiger partial charge is 0.337 e. The molecule has 2 aromatic carbocycles. The number of halogens is 1. The first-order valence-corrected chi connectivity index (χ1v) is 9.01. The maximum Gasteiger partial charge on any atom is 0.337 e. The Hall–Kier alpha value is -3.39. The van der Waals surface area contributed by atoms with Crippen molar-refractivity contribution in [2.24, 2.45) is 0 Å². The van der Waals surface area contributed by atoms with Crippen LogP contribution in [0.15, 0.2) is 48.5 Å². The van der Waals surface area contributed by atoms with Crippen molar-refractivity contribution >= 4 is 41.1 Å². The third-order valence-corrected chi connectivity index (χ3v) is 4.84. The molecular weight excluding hydrogens is 398 g/mol. The fourth-order valence-electron chi connectivity index (χ4n) is 2.97. The SMILES string of the molecule is COC(=O)c1ccc(NC(=O)CN2C(=O)N[C@@](C)(c3ccc(Cl)cc3)C2=O)cc1. The van der Waals surface area contributed by atoms with Gasteiger partial charge in [-0.05, 0) is 48.9 Å². The Labute approximate surface area is 171 Å². The van der Waals surface area contributed by atoms with Crippen molar-refractivity contribution in [1.29, 1.82) is 0 Å². The molecule has 0 spiro atoms. The number of ether oxygens (including phenoxy) is 1. The number of hydrogen-bond donors (Lipinski definition) is 2. The number of carbonyl (C=O) groups excluding carboxylic acids is 4. The van der Waals surface area contributed by atoms with Crippen molar-refractivity contribution < 1.29 is 23.9 Å². The first-order chi connectivity index (χ1) is 13.7. The lowest BCUT2D eigenvalue weighted by Crippen LogP contribution is -2.42. The second-order valence-corrected chi connectivity index (χ2v) is 7.01. The van der Waals surface area contributed by atoms with E-state index in [0.717, 1.165) is 4.90 Å². The summed E-state index contributed by atoms with van der Waals surface area (Å²) in [5.41, 5.74) is 0.0134. The van der Waals surface area contributed by atoms with Gasteiger partial charge >= 0.3 is 12.0 Å². The van der Waals surface area contributed by atoms with Gasteiger partial charge in [-0.15, -0.1) is 0 Å². The third-order valence-electron chi connectivity index (χ3n) is 4.59. The number of urea groups is 1. The van der Waals surface area contributed by atoms with Gasteiger partial charge in [-0.3, -0.25) is 14.5 Å². The highest BCUT2D eigenvalue weighted by Crippen LogP contribution is 2.29. The molecule has 0 bridgehead atoms. The van der Waals surface area contributed by atoms with Crippen molar-refractivity contribution in [2.75, 3.05) is 19.0 Å². The maximum absolute atomic E-state index is 12.8. The first kappa shape index (κ1) is 20.3. The molecule has 150 valence electrons. The third kappa shape index (κ3) is 4.07. The Bertz CT molecular complexity index is 975. The summed E-state index contributed by atoms with van der Waals surface area (Å²) in [6, 6.07) is 11.9. The molecular formula is C20H18ClN3O5. The van der Waals surface area contributed by atoms with Crippen LogP contribution in [0.4, 0.5) is 10.5 Å². The Kier molecular flexibility index (Phi) is 5.56. The van der Waals surface area contributed by atoms with E-state index < -0.39 is 35.9 Å². The molecule has 1 aliphatic rings. The van der Waals surface area contributed by atoms with E-state index in [4.69, 9.17) is 11.6 Å². The molecule has 9 heteroatoms. The van der Waals surface area contributed by atoms with E-state index >= 15 is 0 Å². The number of carbonyl (C=O) groups is 4. The van der Waals surface area contributed by atoms with Gasteiger partial charge in [-0.2, -0.15) is 0 Å². The van der Waals surface area contributed by atoms with E-state index in [1.165, 1.54) is 31.4 Å². The number of amides is 4. The van der Waals surface area contributed by atoms with Crippen LogP contribution >= 0.6 is 11.6 Å². The second kappa shape index (κ2) is 7.92. The summed E-state index contributed by atoms with van der Waals surface area (Å²) < 4.78 is 4.61. The van der Waals surface area contributed by atoms with Crippen molar-refractivity contribution in [2.45, 2.75) is 12.5 Å². The lowest BCUT2D eigenvalue weighted by atomic mass is 9.92. The van der Waals surface area contributed by atoms with E-state index in [-0.39, 0.29) is 0 Å². The number of nitrogens with zero attached hydrogens (tertiary/aromatic N) is 1. The molecule has 0 aromatic heterocycles. The zero-order chi connectivity index (χ0) is 21.2. The van der Waals surface area contributed by atoms with Gasteiger partial charge in [0.1, 0.15) is 12.1 Å². The van der Waals surface area contributed by atoms with Crippen LogP contribution in [0, 0.1) is 0 Å². The Morgan fingerprint density at radius 2 is 1.72 bits per heavy atom. The molecule has 1 heterocycles. The van der Waals surface area contributed by atoms with Crippen LogP contribution in [0.5, 0.6) is 0 Å². The predicted molar refractivity (Wildman–Crippen MR) is 105 cm³/mol. The maximum atomic E-state index is 12.8. The van der Waals surface area contributed by atoms with Crippen LogP contribution in [-0.2, 0) is 19.9 Å². The topological polar surface area (TPSA) is 105 Å². The summed E-state index contributed by atoms with van der Waals surface area (Å²) in [7, 11) is 1.27. The monoisotopic (exact) mass is 415 g/mol. The summed E-state index contributed by atoms with van der Waals surface area (Å²) >= 11 is 5.88. The molecule has 0 aliphatic carbocycles. The largest absolute Gasteiger partial charge is 0.465 e. The number of rotatable bonds is 5. The summed E-state index contributed by atoms with van der Waals surface area (Å²) in [4.78, 5) is 49.8. The minimum absolute atomic E-state index is 0.332. The molecule has 0 saturated carbocycles. The van der Waals surface area contributed by atoms with E-state index in [2.05, 4.69) is 15.4 Å². The number of imide groups is 1. The number of nitrogens with one attached hydrogen (secondary N) is 2. The fraction of sp³-hybridized carbons (Fsp3) is 0.200. The molecule has 2 aromatic rings. The minimum atomic E-state index is -1.29. The number of esters is 1. The molecule has 0 radical (unpaired) electrons. The average molecular weight is 416 g/mol. The molecule has 3 rings (SSSR count). The number of hydrogen-bond acceptors (Lipinski definition) is 5. The normalized spacial score (nSPS) is 18.4. The second-order valence-electron chi connectivity index (χ2n) is 6.57. The Morgan fingerprint density at radius 3 is 2.31 bits per heavy atom. The van der Waals surface area contributed by atoms with Crippen molar-refractivity contribution in [3.63, 3.8) is 0 Å². The minimum Gasteiger partial charge on any atom is -0.465 e. The molecule has 1 atom stereocenters. The number of benzene rings is 2. The standard InChI is InChI=1S/C20H18ClN3O5/c1-20(13-5-7-14(21)8-6-13)18(27)24(19(28)23-20)11-16(25)22-15-9-3-12(4-10-15)17(26)29-2/h3-10H,11H2,1-2H3,(H,22,25)(H,23,28)/t20-/m0/s1. The molecule has 1 fully saturated rings. The number of methoxy groups -OCH3 is 1. The molecule has 4 amide bonds. The van der Waals surface area contributed by atoms with E-state index in [9.17, 15) is 19.2 Å². The molecule has 0 unspecified atom stereocenters. The van der Waals surface area contributed by atoms with E-state index in [1.807, 2.05) is 0 Å². The van der Waals surface area contributed by atoms with Gasteiger partial charge in [0.2, 0.25) is 5.91 Å². The molecule has 1 saturated heterocycles. The van der Waals surface area contributed by atoms with Gasteiger partial charge in [0.25, 0.3) is 5.91 Å². The summed E-state index contributed by atoms with van der Waals surface area (Å²) in [6.45, 7) is 1.12. The van der Waals surface area contributed by atoms with Crippen molar-refractivity contribution in [1.82, 2.24) is 10.2 Å². The zero-order valence-electron chi connectivity index (χ0n) is 15.7. The van der Waals surface area contributed by atoms with Crippen molar-refractivity contribution in [3.05, 3.63) is 64.7 Å². The average Bonchev–Trinajstić information content (AvgIpc) is 2.92. The first-order valence-electron chi connectivity index (χ1n) is 8.63. The van der Waals surface area contributed by atoms with Crippen LogP contribution in [0.3, 0.4) is 0 Å². The van der Waals surface area contributed by atoms with Crippen molar-refractivity contribution in [3.8, 4) is 0 Å². The number of anilines is 1. The molecule has 2 N–H and O–H groups in total. The highest BCUT2D eigenvalue weighted by molar-refractivity contribution is 6.30. The van der Waals surface area contributed by atoms with Crippen LogP contribution in [-0.4, -0.2) is 42.4 Å². The van der Waals surface area contributed by atoms with E-state index in [1.54, 1.807) is 31.2 Å². The van der Waals surface area contributed by atoms with Gasteiger partial charge in [-0.25, -0.2) is 9.59 Å². The van der Waals surface area contributed by atoms with Gasteiger partial charge in [0.15, 0.2) is 0 Å². The highest BCUT2D eigenvalue weighted by atomic mass is 35.5. The molecule has 8 nitrogen and oxygen atoms in total.